The lowest BCUT2D eigenvalue weighted by Gasteiger charge is -2.32. The van der Waals surface area contributed by atoms with Crippen LogP contribution in [0.25, 0.3) is 0 Å². The van der Waals surface area contributed by atoms with Crippen LogP contribution in [0.3, 0.4) is 0 Å². The van der Waals surface area contributed by atoms with Gasteiger partial charge in [0.25, 0.3) is 0 Å². The molecule has 1 aliphatic heterocycles. The molecule has 0 aromatic carbocycles. The van der Waals surface area contributed by atoms with Gasteiger partial charge in [0.05, 0.1) is 6.54 Å². The smallest absolute Gasteiger partial charge is 0.317 e. The van der Waals surface area contributed by atoms with Gasteiger partial charge in [-0.25, -0.2) is 4.79 Å². The fraction of sp³-hybridized carbons (Fsp3) is 0.842. The van der Waals surface area contributed by atoms with Crippen molar-refractivity contribution in [1.82, 2.24) is 29.9 Å². The first-order chi connectivity index (χ1) is 12.6. The van der Waals surface area contributed by atoms with Crippen LogP contribution >= 0.6 is 0 Å². The van der Waals surface area contributed by atoms with Gasteiger partial charge in [-0.2, -0.15) is 0 Å². The summed E-state index contributed by atoms with van der Waals surface area (Å²) >= 11 is 0. The zero-order chi connectivity index (χ0) is 18.1. The van der Waals surface area contributed by atoms with E-state index in [0.29, 0.717) is 18.0 Å². The Morgan fingerprint density at radius 2 is 1.77 bits per heavy atom. The van der Waals surface area contributed by atoms with E-state index in [-0.39, 0.29) is 6.03 Å². The van der Waals surface area contributed by atoms with Gasteiger partial charge in [-0.1, -0.05) is 12.8 Å². The van der Waals surface area contributed by atoms with Crippen molar-refractivity contribution in [3.05, 3.63) is 11.6 Å². The molecule has 0 atom stereocenters. The first-order valence-corrected chi connectivity index (χ1v) is 10.3. The van der Waals surface area contributed by atoms with Gasteiger partial charge in [-0.15, -0.1) is 10.2 Å². The molecule has 1 aromatic rings. The summed E-state index contributed by atoms with van der Waals surface area (Å²) in [7, 11) is 4.15. The molecule has 0 unspecified atom stereocenters. The SMILES string of the molecule is CN(C)Cc1nnc(C2CCN(C(=O)NC3CCCC3)CC2)n1C1CC1. The number of carbonyl (C=O) groups is 1. The van der Waals surface area contributed by atoms with Gasteiger partial charge < -0.3 is 19.7 Å². The maximum Gasteiger partial charge on any atom is 0.317 e. The van der Waals surface area contributed by atoms with E-state index in [4.69, 9.17) is 0 Å². The van der Waals surface area contributed by atoms with Gasteiger partial charge in [-0.05, 0) is 52.6 Å². The molecule has 0 spiro atoms. The highest BCUT2D eigenvalue weighted by atomic mass is 16.2. The molecular weight excluding hydrogens is 328 g/mol. The number of carbonyl (C=O) groups excluding carboxylic acids is 1. The Bertz CT molecular complexity index is 624. The van der Waals surface area contributed by atoms with Crippen LogP contribution in [0.5, 0.6) is 0 Å². The number of piperidine rings is 1. The fourth-order valence-corrected chi connectivity index (χ4v) is 4.41. The molecule has 7 heteroatoms. The van der Waals surface area contributed by atoms with E-state index in [9.17, 15) is 4.79 Å². The Balaban J connectivity index is 1.37. The van der Waals surface area contributed by atoms with Crippen LogP contribution in [0.4, 0.5) is 4.79 Å². The molecule has 2 amide bonds. The summed E-state index contributed by atoms with van der Waals surface area (Å²) in [5.41, 5.74) is 0. The number of likely N-dealkylation sites (tertiary alicyclic amines) is 1. The van der Waals surface area contributed by atoms with E-state index in [2.05, 4.69) is 39.1 Å². The molecule has 26 heavy (non-hydrogen) atoms. The number of amides is 2. The first kappa shape index (κ1) is 17.8. The predicted molar refractivity (Wildman–Crippen MR) is 100 cm³/mol. The highest BCUT2D eigenvalue weighted by Crippen LogP contribution is 2.40. The zero-order valence-corrected chi connectivity index (χ0v) is 16.2. The molecule has 3 aliphatic rings. The number of aromatic nitrogens is 3. The average Bonchev–Trinajstić information content (AvgIpc) is 3.17. The largest absolute Gasteiger partial charge is 0.335 e. The molecule has 2 heterocycles. The van der Waals surface area contributed by atoms with Crippen LogP contribution in [0.1, 0.15) is 75.0 Å². The lowest BCUT2D eigenvalue weighted by Crippen LogP contribution is -2.47. The second-order valence-electron chi connectivity index (χ2n) is 8.51. The van der Waals surface area contributed by atoms with Crippen molar-refractivity contribution >= 4 is 6.03 Å². The maximum atomic E-state index is 12.5. The number of urea groups is 1. The van der Waals surface area contributed by atoms with Gasteiger partial charge in [0.15, 0.2) is 0 Å². The van der Waals surface area contributed by atoms with Gasteiger partial charge in [0.2, 0.25) is 0 Å². The summed E-state index contributed by atoms with van der Waals surface area (Å²) in [6.07, 6.45) is 9.25. The van der Waals surface area contributed by atoms with Crippen molar-refractivity contribution in [2.75, 3.05) is 27.2 Å². The lowest BCUT2D eigenvalue weighted by molar-refractivity contribution is 0.176. The molecule has 0 radical (unpaired) electrons. The lowest BCUT2D eigenvalue weighted by atomic mass is 9.96. The Morgan fingerprint density at radius 1 is 1.08 bits per heavy atom. The molecule has 3 fully saturated rings. The zero-order valence-electron chi connectivity index (χ0n) is 16.2. The minimum Gasteiger partial charge on any atom is -0.335 e. The molecule has 2 saturated carbocycles. The molecule has 0 bridgehead atoms. The number of rotatable bonds is 5. The van der Waals surface area contributed by atoms with E-state index in [1.54, 1.807) is 0 Å². The average molecular weight is 361 g/mol. The molecule has 1 aromatic heterocycles. The third kappa shape index (κ3) is 3.87. The van der Waals surface area contributed by atoms with Crippen LogP contribution < -0.4 is 5.32 Å². The first-order valence-electron chi connectivity index (χ1n) is 10.3. The number of nitrogens with one attached hydrogen (secondary N) is 1. The monoisotopic (exact) mass is 360 g/mol. The minimum absolute atomic E-state index is 0.132. The van der Waals surface area contributed by atoms with Crippen LogP contribution in [-0.4, -0.2) is 63.8 Å². The summed E-state index contributed by atoms with van der Waals surface area (Å²) in [6, 6.07) is 1.12. The third-order valence-corrected chi connectivity index (χ3v) is 5.99. The van der Waals surface area contributed by atoms with Crippen molar-refractivity contribution < 1.29 is 4.79 Å². The van der Waals surface area contributed by atoms with Gasteiger partial charge in [-0.3, -0.25) is 0 Å². The van der Waals surface area contributed by atoms with Gasteiger partial charge in [0.1, 0.15) is 11.6 Å². The highest BCUT2D eigenvalue weighted by molar-refractivity contribution is 5.74. The predicted octanol–water partition coefficient (Wildman–Crippen LogP) is 2.51. The standard InChI is InChI=1S/C19H32N6O/c1-23(2)13-17-21-22-18(25(17)16-7-8-16)14-9-11-24(12-10-14)19(26)20-15-5-3-4-6-15/h14-16H,3-13H2,1-2H3,(H,20,26). The van der Waals surface area contributed by atoms with E-state index < -0.39 is 0 Å². The van der Waals surface area contributed by atoms with Gasteiger partial charge >= 0.3 is 6.03 Å². The Labute approximate surface area is 156 Å². The summed E-state index contributed by atoms with van der Waals surface area (Å²) in [5, 5.41) is 12.3. The summed E-state index contributed by atoms with van der Waals surface area (Å²) in [4.78, 5) is 16.6. The Morgan fingerprint density at radius 3 is 2.38 bits per heavy atom. The molecule has 144 valence electrons. The van der Waals surface area contributed by atoms with Crippen LogP contribution in [0.2, 0.25) is 0 Å². The van der Waals surface area contributed by atoms with Crippen molar-refractivity contribution in [1.29, 1.82) is 0 Å². The van der Waals surface area contributed by atoms with Crippen LogP contribution in [0.15, 0.2) is 0 Å². The fourth-order valence-electron chi connectivity index (χ4n) is 4.41. The van der Waals surface area contributed by atoms with E-state index in [1.165, 1.54) is 25.7 Å². The van der Waals surface area contributed by atoms with Crippen molar-refractivity contribution in [2.24, 2.45) is 0 Å². The van der Waals surface area contributed by atoms with Crippen molar-refractivity contribution in [2.45, 2.75) is 75.9 Å². The number of hydrogen-bond donors (Lipinski definition) is 1. The molecule has 1 saturated heterocycles. The van der Waals surface area contributed by atoms with Crippen LogP contribution in [-0.2, 0) is 6.54 Å². The van der Waals surface area contributed by atoms with E-state index >= 15 is 0 Å². The molecule has 4 rings (SSSR count). The Kier molecular flexibility index (Phi) is 5.16. The second-order valence-corrected chi connectivity index (χ2v) is 8.51. The molecule has 7 nitrogen and oxygen atoms in total. The third-order valence-electron chi connectivity index (χ3n) is 5.99. The quantitative estimate of drug-likeness (QED) is 0.876. The number of nitrogens with zero attached hydrogens (tertiary/aromatic N) is 5. The highest BCUT2D eigenvalue weighted by Gasteiger charge is 2.34. The topological polar surface area (TPSA) is 66.3 Å². The molecular formula is C19H32N6O. The second kappa shape index (κ2) is 7.55. The summed E-state index contributed by atoms with van der Waals surface area (Å²) in [5.74, 6) is 2.67. The van der Waals surface area contributed by atoms with Crippen molar-refractivity contribution in [3.8, 4) is 0 Å². The van der Waals surface area contributed by atoms with E-state index in [1.807, 2.05) is 4.90 Å². The maximum absolute atomic E-state index is 12.5. The minimum atomic E-state index is 0.132. The summed E-state index contributed by atoms with van der Waals surface area (Å²) < 4.78 is 2.40. The molecule has 1 N–H and O–H groups in total. The van der Waals surface area contributed by atoms with Gasteiger partial charge in [0, 0.05) is 31.1 Å². The number of hydrogen-bond acceptors (Lipinski definition) is 4. The van der Waals surface area contributed by atoms with E-state index in [0.717, 1.165) is 57.0 Å². The summed E-state index contributed by atoms with van der Waals surface area (Å²) in [6.45, 7) is 2.49. The Hall–Kier alpha value is -1.63. The van der Waals surface area contributed by atoms with Crippen LogP contribution in [0, 0.1) is 0 Å². The normalized spacial score (nSPS) is 22.3. The molecule has 2 aliphatic carbocycles. The van der Waals surface area contributed by atoms with Crippen molar-refractivity contribution in [3.63, 3.8) is 0 Å².